The molecule has 0 fully saturated rings. The number of carbonyl (C=O) groups excluding carboxylic acids is 1. The van der Waals surface area contributed by atoms with Gasteiger partial charge in [0.15, 0.2) is 0 Å². The first-order valence-electron chi connectivity index (χ1n) is 8.67. The molecule has 0 spiro atoms. The Balaban J connectivity index is 1.62. The van der Waals surface area contributed by atoms with Crippen LogP contribution in [0.3, 0.4) is 0 Å². The largest absolute Gasteiger partial charge is 0.495 e. The molecule has 0 bridgehead atoms. The Bertz CT molecular complexity index is 1100. The molecule has 0 aliphatic carbocycles. The molecule has 0 saturated heterocycles. The van der Waals surface area contributed by atoms with Gasteiger partial charge in [-0.1, -0.05) is 36.4 Å². The third kappa shape index (κ3) is 3.51. The number of para-hydroxylation sites is 1. The molecule has 0 unspecified atom stereocenters. The monoisotopic (exact) mass is 377 g/mol. The predicted octanol–water partition coefficient (Wildman–Crippen LogP) is 5.71. The molecular weight excluding hydrogens is 358 g/mol. The summed E-state index contributed by atoms with van der Waals surface area (Å²) >= 11 is 1.52. The number of benzene rings is 3. The fraction of sp³-hybridized carbons (Fsp3) is 0.136. The number of hydrogen-bond acceptors (Lipinski definition) is 4. The number of carbonyl (C=O) groups is 1. The summed E-state index contributed by atoms with van der Waals surface area (Å²) in [6.45, 7) is 1.89. The molecule has 27 heavy (non-hydrogen) atoms. The maximum absolute atomic E-state index is 12.7. The van der Waals surface area contributed by atoms with Crippen LogP contribution in [-0.4, -0.2) is 18.3 Å². The van der Waals surface area contributed by atoms with Gasteiger partial charge in [0.05, 0.1) is 18.0 Å². The lowest BCUT2D eigenvalue weighted by Gasteiger charge is -2.14. The summed E-state index contributed by atoms with van der Waals surface area (Å²) in [5.41, 5.74) is 2.14. The minimum absolute atomic E-state index is 0.0855. The second kappa shape index (κ2) is 7.37. The molecule has 0 aliphatic rings. The average Bonchev–Trinajstić information content (AvgIpc) is 3.05. The molecule has 1 N–H and O–H groups in total. The van der Waals surface area contributed by atoms with Gasteiger partial charge in [-0.25, -0.2) is 0 Å². The molecule has 0 aliphatic heterocycles. The number of hydrogen-bond donors (Lipinski definition) is 1. The van der Waals surface area contributed by atoms with E-state index >= 15 is 0 Å². The number of methoxy groups -OCH3 is 1. The molecule has 5 heteroatoms. The van der Waals surface area contributed by atoms with Crippen LogP contribution in [0.5, 0.6) is 5.75 Å². The molecule has 0 saturated carbocycles. The lowest BCUT2D eigenvalue weighted by atomic mass is 10.1. The summed E-state index contributed by atoms with van der Waals surface area (Å²) in [5, 5.41) is 4.72. The third-order valence-corrected chi connectivity index (χ3v) is 5.49. The minimum atomic E-state index is -0.247. The highest BCUT2D eigenvalue weighted by Crippen LogP contribution is 2.36. The molecule has 1 amide bonds. The maximum atomic E-state index is 12.7. The Labute approximate surface area is 161 Å². The number of nitrogens with one attached hydrogen (secondary N) is 1. The van der Waals surface area contributed by atoms with Gasteiger partial charge in [-0.05, 0) is 31.2 Å². The minimum Gasteiger partial charge on any atom is -0.495 e. The van der Waals surface area contributed by atoms with Crippen molar-refractivity contribution in [2.24, 2.45) is 0 Å². The van der Waals surface area contributed by atoms with Gasteiger partial charge in [-0.15, -0.1) is 11.8 Å². The van der Waals surface area contributed by atoms with E-state index in [9.17, 15) is 4.79 Å². The van der Waals surface area contributed by atoms with Crippen molar-refractivity contribution in [3.05, 3.63) is 66.7 Å². The summed E-state index contributed by atoms with van der Waals surface area (Å²) in [6.07, 6.45) is 0. The molecule has 3 aromatic carbocycles. The van der Waals surface area contributed by atoms with Crippen LogP contribution in [0, 0.1) is 0 Å². The van der Waals surface area contributed by atoms with E-state index in [-0.39, 0.29) is 11.2 Å². The van der Waals surface area contributed by atoms with Gasteiger partial charge < -0.3 is 14.5 Å². The first kappa shape index (κ1) is 17.5. The van der Waals surface area contributed by atoms with Crippen LogP contribution in [0.25, 0.3) is 21.9 Å². The fourth-order valence-electron chi connectivity index (χ4n) is 3.01. The molecule has 1 heterocycles. The first-order valence-corrected chi connectivity index (χ1v) is 9.55. The van der Waals surface area contributed by atoms with Crippen molar-refractivity contribution in [1.29, 1.82) is 0 Å². The van der Waals surface area contributed by atoms with Crippen molar-refractivity contribution in [2.45, 2.75) is 17.1 Å². The average molecular weight is 377 g/mol. The molecule has 4 aromatic rings. The Morgan fingerprint density at radius 2 is 1.74 bits per heavy atom. The topological polar surface area (TPSA) is 51.5 Å². The van der Waals surface area contributed by atoms with Crippen molar-refractivity contribution in [1.82, 2.24) is 0 Å². The van der Waals surface area contributed by atoms with E-state index in [0.29, 0.717) is 11.4 Å². The van der Waals surface area contributed by atoms with Crippen LogP contribution in [0.15, 0.2) is 76.0 Å². The van der Waals surface area contributed by atoms with E-state index in [0.717, 1.165) is 26.8 Å². The molecule has 0 radical (unpaired) electrons. The van der Waals surface area contributed by atoms with E-state index in [2.05, 4.69) is 5.32 Å². The number of rotatable bonds is 5. The highest BCUT2D eigenvalue weighted by molar-refractivity contribution is 8.00. The molecule has 1 aromatic heterocycles. The lowest BCUT2D eigenvalue weighted by Crippen LogP contribution is -2.22. The summed E-state index contributed by atoms with van der Waals surface area (Å²) in [6, 6.07) is 21.5. The zero-order chi connectivity index (χ0) is 18.8. The van der Waals surface area contributed by atoms with Crippen molar-refractivity contribution in [3.63, 3.8) is 0 Å². The smallest absolute Gasteiger partial charge is 0.237 e. The molecule has 136 valence electrons. The Morgan fingerprint density at radius 3 is 2.52 bits per heavy atom. The summed E-state index contributed by atoms with van der Waals surface area (Å²) in [5.74, 6) is 0.525. The third-order valence-electron chi connectivity index (χ3n) is 4.38. The standard InChI is InChI=1S/C22H19NO3S/c1-14(27-15-8-4-3-5-9-15)22(24)23-18-13-20-17(12-21(18)25-2)16-10-6-7-11-19(16)26-20/h3-14H,1-2H3,(H,23,24)/t14-/m0/s1. The summed E-state index contributed by atoms with van der Waals surface area (Å²) < 4.78 is 11.4. The summed E-state index contributed by atoms with van der Waals surface area (Å²) in [7, 11) is 1.60. The lowest BCUT2D eigenvalue weighted by molar-refractivity contribution is -0.115. The first-order chi connectivity index (χ1) is 13.2. The second-order valence-corrected chi connectivity index (χ2v) is 7.62. The highest BCUT2D eigenvalue weighted by Gasteiger charge is 2.18. The SMILES string of the molecule is COc1cc2c(cc1NC(=O)[C@H](C)Sc1ccccc1)oc1ccccc12. The summed E-state index contributed by atoms with van der Waals surface area (Å²) in [4.78, 5) is 13.7. The fourth-order valence-corrected chi connectivity index (χ4v) is 3.90. The van der Waals surface area contributed by atoms with E-state index < -0.39 is 0 Å². The quantitative estimate of drug-likeness (QED) is 0.452. The van der Waals surface area contributed by atoms with Gasteiger partial charge in [0.1, 0.15) is 16.9 Å². The normalized spacial score (nSPS) is 12.2. The number of thioether (sulfide) groups is 1. The number of ether oxygens (including phenoxy) is 1. The van der Waals surface area contributed by atoms with Crippen LogP contribution >= 0.6 is 11.8 Å². The zero-order valence-electron chi connectivity index (χ0n) is 15.1. The van der Waals surface area contributed by atoms with Gasteiger partial charge in [0, 0.05) is 21.7 Å². The van der Waals surface area contributed by atoms with Crippen LogP contribution in [0.1, 0.15) is 6.92 Å². The van der Waals surface area contributed by atoms with Crippen LogP contribution in [0.2, 0.25) is 0 Å². The number of fused-ring (bicyclic) bond motifs is 3. The van der Waals surface area contributed by atoms with Gasteiger partial charge in [-0.2, -0.15) is 0 Å². The maximum Gasteiger partial charge on any atom is 0.237 e. The zero-order valence-corrected chi connectivity index (χ0v) is 15.9. The Morgan fingerprint density at radius 1 is 1.00 bits per heavy atom. The van der Waals surface area contributed by atoms with E-state index in [1.165, 1.54) is 11.8 Å². The van der Waals surface area contributed by atoms with E-state index in [1.54, 1.807) is 7.11 Å². The number of amides is 1. The van der Waals surface area contributed by atoms with Crippen LogP contribution in [0.4, 0.5) is 5.69 Å². The van der Waals surface area contributed by atoms with Crippen molar-refractivity contribution in [2.75, 3.05) is 12.4 Å². The Kier molecular flexibility index (Phi) is 4.77. The van der Waals surface area contributed by atoms with Gasteiger partial charge in [0.25, 0.3) is 0 Å². The predicted molar refractivity (Wildman–Crippen MR) is 111 cm³/mol. The second-order valence-electron chi connectivity index (χ2n) is 6.21. The number of furan rings is 1. The van der Waals surface area contributed by atoms with Gasteiger partial charge in [-0.3, -0.25) is 4.79 Å². The van der Waals surface area contributed by atoms with E-state index in [1.807, 2.05) is 73.7 Å². The van der Waals surface area contributed by atoms with E-state index in [4.69, 9.17) is 9.15 Å². The van der Waals surface area contributed by atoms with Crippen LogP contribution in [-0.2, 0) is 4.79 Å². The van der Waals surface area contributed by atoms with Crippen LogP contribution < -0.4 is 10.1 Å². The van der Waals surface area contributed by atoms with Crippen molar-refractivity contribution in [3.8, 4) is 5.75 Å². The Hall–Kier alpha value is -2.92. The molecule has 4 nitrogen and oxygen atoms in total. The molecular formula is C22H19NO3S. The molecule has 1 atom stereocenters. The molecule has 4 rings (SSSR count). The number of anilines is 1. The van der Waals surface area contributed by atoms with Gasteiger partial charge >= 0.3 is 0 Å². The van der Waals surface area contributed by atoms with Crippen molar-refractivity contribution < 1.29 is 13.9 Å². The van der Waals surface area contributed by atoms with Crippen molar-refractivity contribution >= 4 is 45.3 Å². The highest BCUT2D eigenvalue weighted by atomic mass is 32.2. The van der Waals surface area contributed by atoms with Gasteiger partial charge in [0.2, 0.25) is 5.91 Å².